The van der Waals surface area contributed by atoms with Crippen molar-refractivity contribution in [3.8, 4) is 6.07 Å². The average Bonchev–Trinajstić information content (AvgIpc) is 2.47. The van der Waals surface area contributed by atoms with Gasteiger partial charge in [0.1, 0.15) is 13.1 Å². The van der Waals surface area contributed by atoms with Gasteiger partial charge in [-0.15, -0.1) is 0 Å². The van der Waals surface area contributed by atoms with E-state index in [1.807, 2.05) is 0 Å². The van der Waals surface area contributed by atoms with Gasteiger partial charge in [0.05, 0.1) is 17.1 Å². The highest BCUT2D eigenvalue weighted by molar-refractivity contribution is 6.02. The highest BCUT2D eigenvalue weighted by atomic mass is 16.4. The maximum Gasteiger partial charge on any atom is 0.336 e. The normalized spacial score (nSPS) is 10.0. The van der Waals surface area contributed by atoms with Crippen molar-refractivity contribution >= 4 is 22.8 Å². The van der Waals surface area contributed by atoms with E-state index in [-0.39, 0.29) is 18.7 Å². The first-order valence-electron chi connectivity index (χ1n) is 6.04. The van der Waals surface area contributed by atoms with Crippen LogP contribution in [0.5, 0.6) is 0 Å². The molecule has 106 valence electrons. The van der Waals surface area contributed by atoms with E-state index in [0.29, 0.717) is 10.9 Å². The molecule has 1 aromatic heterocycles. The van der Waals surface area contributed by atoms with Crippen LogP contribution < -0.4 is 10.9 Å². The summed E-state index contributed by atoms with van der Waals surface area (Å²) in [4.78, 5) is 34.8. The van der Waals surface area contributed by atoms with Crippen LogP contribution in [-0.4, -0.2) is 28.1 Å². The number of para-hydroxylation sites is 1. The zero-order chi connectivity index (χ0) is 15.4. The number of aromatic nitrogens is 1. The zero-order valence-corrected chi connectivity index (χ0v) is 10.9. The van der Waals surface area contributed by atoms with Gasteiger partial charge < -0.3 is 10.4 Å². The first-order chi connectivity index (χ1) is 10.0. The molecule has 1 heterocycles. The molecule has 0 saturated carbocycles. The molecule has 7 heteroatoms. The Morgan fingerprint density at radius 2 is 2.05 bits per heavy atom. The Kier molecular flexibility index (Phi) is 4.00. The van der Waals surface area contributed by atoms with Crippen LogP contribution in [0, 0.1) is 11.3 Å². The number of fused-ring (bicyclic) bond motifs is 1. The van der Waals surface area contributed by atoms with E-state index in [9.17, 15) is 14.4 Å². The predicted molar refractivity (Wildman–Crippen MR) is 73.8 cm³/mol. The molecule has 7 nitrogen and oxygen atoms in total. The van der Waals surface area contributed by atoms with E-state index in [1.165, 1.54) is 4.57 Å². The third-order valence-corrected chi connectivity index (χ3v) is 2.92. The lowest BCUT2D eigenvalue weighted by molar-refractivity contribution is -0.121. The van der Waals surface area contributed by atoms with Crippen molar-refractivity contribution in [3.05, 3.63) is 46.2 Å². The number of nitriles is 1. The average molecular weight is 285 g/mol. The summed E-state index contributed by atoms with van der Waals surface area (Å²) in [6.45, 7) is -0.431. The Hall–Kier alpha value is -3.14. The summed E-state index contributed by atoms with van der Waals surface area (Å²) in [7, 11) is 0. The minimum Gasteiger partial charge on any atom is -0.478 e. The van der Waals surface area contributed by atoms with E-state index >= 15 is 0 Å². The number of nitrogens with zero attached hydrogens (tertiary/aromatic N) is 2. The van der Waals surface area contributed by atoms with Gasteiger partial charge in [0, 0.05) is 11.5 Å². The van der Waals surface area contributed by atoms with E-state index < -0.39 is 17.4 Å². The van der Waals surface area contributed by atoms with Gasteiger partial charge in [-0.3, -0.25) is 14.2 Å². The molecule has 2 N–H and O–H groups in total. The number of carbonyl (C=O) groups is 2. The number of hydrogen-bond acceptors (Lipinski definition) is 4. The SMILES string of the molecule is N#CCNC(=O)Cn1c(=O)cc(C(=O)O)c2ccccc21. The highest BCUT2D eigenvalue weighted by Gasteiger charge is 2.14. The first-order valence-corrected chi connectivity index (χ1v) is 6.04. The minimum atomic E-state index is -1.20. The predicted octanol–water partition coefficient (Wildman–Crippen LogP) is 0.339. The Morgan fingerprint density at radius 3 is 2.71 bits per heavy atom. The molecule has 0 bridgehead atoms. The first kappa shape index (κ1) is 14.3. The lowest BCUT2D eigenvalue weighted by atomic mass is 10.1. The molecule has 2 aromatic rings. The quantitative estimate of drug-likeness (QED) is 0.786. The number of amides is 1. The Labute approximate surface area is 119 Å². The molecule has 0 spiro atoms. The Bertz CT molecular complexity index is 817. The topological polar surface area (TPSA) is 112 Å². The van der Waals surface area contributed by atoms with Crippen LogP contribution in [0.15, 0.2) is 35.1 Å². The van der Waals surface area contributed by atoms with Crippen LogP contribution in [0.3, 0.4) is 0 Å². The van der Waals surface area contributed by atoms with Crippen molar-refractivity contribution in [2.24, 2.45) is 0 Å². The molecule has 0 aliphatic carbocycles. The van der Waals surface area contributed by atoms with Gasteiger partial charge in [-0.25, -0.2) is 4.79 Å². The van der Waals surface area contributed by atoms with Gasteiger partial charge in [-0.1, -0.05) is 18.2 Å². The van der Waals surface area contributed by atoms with E-state index in [2.05, 4.69) is 5.32 Å². The van der Waals surface area contributed by atoms with Crippen molar-refractivity contribution in [1.29, 1.82) is 5.26 Å². The number of carboxylic acids is 1. The van der Waals surface area contributed by atoms with Crippen LogP contribution in [0.1, 0.15) is 10.4 Å². The highest BCUT2D eigenvalue weighted by Crippen LogP contribution is 2.16. The summed E-state index contributed by atoms with van der Waals surface area (Å²) in [6.07, 6.45) is 0. The summed E-state index contributed by atoms with van der Waals surface area (Å²) >= 11 is 0. The van der Waals surface area contributed by atoms with Crippen LogP contribution in [0.4, 0.5) is 0 Å². The van der Waals surface area contributed by atoms with Crippen LogP contribution >= 0.6 is 0 Å². The number of nitrogens with one attached hydrogen (secondary N) is 1. The van der Waals surface area contributed by atoms with Gasteiger partial charge in [0.15, 0.2) is 0 Å². The van der Waals surface area contributed by atoms with E-state index in [4.69, 9.17) is 10.4 Å². The fourth-order valence-corrected chi connectivity index (χ4v) is 2.01. The maximum atomic E-state index is 12.0. The van der Waals surface area contributed by atoms with Gasteiger partial charge in [-0.05, 0) is 6.07 Å². The number of carboxylic acid groups (broad SMARTS) is 1. The number of benzene rings is 1. The lowest BCUT2D eigenvalue weighted by Crippen LogP contribution is -2.33. The van der Waals surface area contributed by atoms with Crippen molar-refractivity contribution in [1.82, 2.24) is 9.88 Å². The minimum absolute atomic E-state index is 0.107. The number of hydrogen-bond donors (Lipinski definition) is 2. The largest absolute Gasteiger partial charge is 0.478 e. The smallest absolute Gasteiger partial charge is 0.336 e. The molecule has 0 radical (unpaired) electrons. The van der Waals surface area contributed by atoms with E-state index in [1.54, 1.807) is 30.3 Å². The molecular weight excluding hydrogens is 274 g/mol. The molecule has 21 heavy (non-hydrogen) atoms. The summed E-state index contributed by atoms with van der Waals surface area (Å²) < 4.78 is 1.18. The molecule has 2 rings (SSSR count). The molecule has 0 unspecified atom stereocenters. The fraction of sp³-hybridized carbons (Fsp3) is 0.143. The number of pyridine rings is 1. The fourth-order valence-electron chi connectivity index (χ4n) is 2.01. The van der Waals surface area contributed by atoms with Crippen molar-refractivity contribution < 1.29 is 14.7 Å². The monoisotopic (exact) mass is 285 g/mol. The molecule has 0 fully saturated rings. The van der Waals surface area contributed by atoms with Gasteiger partial charge >= 0.3 is 5.97 Å². The second-order valence-electron chi connectivity index (χ2n) is 4.24. The van der Waals surface area contributed by atoms with Crippen molar-refractivity contribution in [2.75, 3.05) is 6.54 Å². The van der Waals surface area contributed by atoms with Gasteiger partial charge in [-0.2, -0.15) is 5.26 Å². The van der Waals surface area contributed by atoms with Crippen LogP contribution in [0.2, 0.25) is 0 Å². The second-order valence-corrected chi connectivity index (χ2v) is 4.24. The molecule has 0 aliphatic heterocycles. The van der Waals surface area contributed by atoms with Crippen molar-refractivity contribution in [3.63, 3.8) is 0 Å². The maximum absolute atomic E-state index is 12.0. The molecular formula is C14H11N3O4. The molecule has 1 aromatic carbocycles. The van der Waals surface area contributed by atoms with Crippen LogP contribution in [0.25, 0.3) is 10.9 Å². The van der Waals surface area contributed by atoms with Gasteiger partial charge in [0.2, 0.25) is 5.91 Å². The summed E-state index contributed by atoms with van der Waals surface area (Å²) in [5.74, 6) is -1.70. The zero-order valence-electron chi connectivity index (χ0n) is 10.9. The molecule has 0 saturated heterocycles. The number of rotatable bonds is 4. The lowest BCUT2D eigenvalue weighted by Gasteiger charge is -2.11. The van der Waals surface area contributed by atoms with Crippen molar-refractivity contribution in [2.45, 2.75) is 6.54 Å². The molecule has 0 aliphatic rings. The van der Waals surface area contributed by atoms with E-state index in [0.717, 1.165) is 6.07 Å². The Morgan fingerprint density at radius 1 is 1.33 bits per heavy atom. The standard InChI is InChI=1S/C14H11N3O4/c15-5-6-16-12(18)8-17-11-4-2-1-3-9(11)10(14(20)21)7-13(17)19/h1-4,7H,6,8H2,(H,16,18)(H,20,21). The summed E-state index contributed by atoms with van der Waals surface area (Å²) in [5, 5.41) is 20.2. The molecule has 0 atom stereocenters. The number of carbonyl (C=O) groups excluding carboxylic acids is 1. The van der Waals surface area contributed by atoms with Crippen LogP contribution in [-0.2, 0) is 11.3 Å². The second kappa shape index (κ2) is 5.88. The third-order valence-electron chi connectivity index (χ3n) is 2.92. The third kappa shape index (κ3) is 2.90. The number of aromatic carboxylic acids is 1. The Balaban J connectivity index is 2.55. The summed E-state index contributed by atoms with van der Waals surface area (Å²) in [6, 6.07) is 9.20. The van der Waals surface area contributed by atoms with Gasteiger partial charge in [0.25, 0.3) is 5.56 Å². The molecule has 1 amide bonds. The summed E-state index contributed by atoms with van der Waals surface area (Å²) in [5.41, 5.74) is -0.336.